The van der Waals surface area contributed by atoms with Crippen LogP contribution in [0.15, 0.2) is 24.3 Å². The van der Waals surface area contributed by atoms with Gasteiger partial charge in [0.15, 0.2) is 24.0 Å². The van der Waals surface area contributed by atoms with E-state index in [0.717, 1.165) is 6.07 Å². The number of alkyl halides is 6. The molecule has 4 heterocycles. The average Bonchev–Trinajstić information content (AvgIpc) is 3.56. The summed E-state index contributed by atoms with van der Waals surface area (Å²) in [5.74, 6) is -1.59. The second-order valence-electron chi connectivity index (χ2n) is 11.6. The highest BCUT2D eigenvalue weighted by Gasteiger charge is 2.60. The molecule has 3 saturated heterocycles. The van der Waals surface area contributed by atoms with Crippen molar-refractivity contribution in [1.82, 2.24) is 10.3 Å². The Morgan fingerprint density at radius 3 is 2.30 bits per heavy atom. The van der Waals surface area contributed by atoms with Crippen LogP contribution in [0.5, 0.6) is 5.75 Å². The number of aromatic nitrogens is 1. The minimum atomic E-state index is -5.00. The van der Waals surface area contributed by atoms with Crippen LogP contribution in [0.25, 0.3) is 10.9 Å². The van der Waals surface area contributed by atoms with Crippen molar-refractivity contribution in [3.05, 3.63) is 66.8 Å². The molecule has 4 fully saturated rings. The fourth-order valence-electron chi connectivity index (χ4n) is 5.69. The Hall–Kier alpha value is -2.23. The number of pyridine rings is 1. The Bertz CT molecular complexity index is 1350. The molecule has 5 radical (unpaired) electrons. The van der Waals surface area contributed by atoms with E-state index in [1.165, 1.54) is 12.5 Å². The molecule has 1 aliphatic carbocycles. The maximum Gasteiger partial charge on any atom is 0.433 e. The van der Waals surface area contributed by atoms with Gasteiger partial charge >= 0.3 is 12.4 Å². The average molecular weight is 616 g/mol. The van der Waals surface area contributed by atoms with Gasteiger partial charge in [-0.15, -0.1) is 0 Å². The predicted molar refractivity (Wildman–Crippen MR) is 137 cm³/mol. The lowest BCUT2D eigenvalue weighted by Crippen LogP contribution is -2.57. The number of nitrogens with zero attached hydrogens (tertiary/aromatic N) is 1. The summed E-state index contributed by atoms with van der Waals surface area (Å²) in [7, 11) is 0. The monoisotopic (exact) mass is 615 g/mol. The molecular formula is C29H29F6N2O6. The second-order valence-corrected chi connectivity index (χ2v) is 11.6. The van der Waals surface area contributed by atoms with Gasteiger partial charge in [-0.05, 0) is 52.7 Å². The molecule has 6 rings (SSSR count). The molecule has 2 aromatic rings. The van der Waals surface area contributed by atoms with Gasteiger partial charge in [0.2, 0.25) is 0 Å². The Kier molecular flexibility index (Phi) is 7.65. The van der Waals surface area contributed by atoms with Gasteiger partial charge in [-0.25, -0.2) is 4.98 Å². The third-order valence-corrected chi connectivity index (χ3v) is 7.39. The number of benzene rings is 1. The number of halogens is 6. The molecule has 0 spiro atoms. The summed E-state index contributed by atoms with van der Waals surface area (Å²) in [4.78, 5) is 3.30. The van der Waals surface area contributed by atoms with Crippen LogP contribution in [0.4, 0.5) is 26.3 Å². The molecule has 1 saturated carbocycles. The molecule has 0 amide bonds. The molecule has 0 bridgehead atoms. The third kappa shape index (κ3) is 6.19. The molecule has 5 atom stereocenters. The number of fused-ring (bicyclic) bond motifs is 4. The zero-order valence-electron chi connectivity index (χ0n) is 23.5. The minimum absolute atomic E-state index is 0.170. The van der Waals surface area contributed by atoms with E-state index < -0.39 is 77.2 Å². The number of para-hydroxylation sites is 1. The van der Waals surface area contributed by atoms with Crippen LogP contribution >= 0.6 is 0 Å². The molecule has 233 valence electrons. The summed E-state index contributed by atoms with van der Waals surface area (Å²) in [6.07, 6.45) is -7.48. The first-order chi connectivity index (χ1) is 20.0. The Balaban J connectivity index is 1.17. The van der Waals surface area contributed by atoms with Crippen molar-refractivity contribution in [3.63, 3.8) is 0 Å². The van der Waals surface area contributed by atoms with E-state index >= 15 is 0 Å². The molecular weight excluding hydrogens is 586 g/mol. The molecule has 1 aromatic carbocycles. The quantitative estimate of drug-likeness (QED) is 0.435. The number of hydrogen-bond acceptors (Lipinski definition) is 8. The zero-order valence-corrected chi connectivity index (χ0v) is 23.5. The van der Waals surface area contributed by atoms with Gasteiger partial charge in [0.25, 0.3) is 0 Å². The number of hydrogen-bond donors (Lipinski definition) is 1. The molecule has 0 unspecified atom stereocenters. The molecule has 14 heteroatoms. The van der Waals surface area contributed by atoms with Crippen LogP contribution in [0, 0.1) is 31.3 Å². The number of nitrogens with one attached hydrogen (secondary N) is 1. The van der Waals surface area contributed by atoms with E-state index in [2.05, 4.69) is 10.3 Å². The standard InChI is InChI=1S/C29H29F6N2O6/c1-26(2)40-22-19(39-25-24(23(22)41-26)42-27(3,4)43-25)13-36-12-14-7-5-10-17(14)38-18-11-20(29(33,34)35)37-21-15(18)8-6-9-16(21)28(30,31)32/h5-11,19,22-25,36H,12-13H2,1-4H3/t19-,22+,23+,24-,25-/m1/s1. The number of rotatable bonds is 6. The summed E-state index contributed by atoms with van der Waals surface area (Å²) in [6, 6.07) is 3.61. The summed E-state index contributed by atoms with van der Waals surface area (Å²) >= 11 is 0. The van der Waals surface area contributed by atoms with Crippen LogP contribution in [-0.2, 0) is 36.0 Å². The van der Waals surface area contributed by atoms with E-state index in [1.54, 1.807) is 40.5 Å². The van der Waals surface area contributed by atoms with Crippen molar-refractivity contribution in [3.8, 4) is 5.75 Å². The first kappa shape index (κ1) is 30.8. The van der Waals surface area contributed by atoms with Crippen LogP contribution in [-0.4, -0.2) is 60.4 Å². The van der Waals surface area contributed by atoms with E-state index in [-0.39, 0.29) is 24.6 Å². The topological polar surface area (TPSA) is 80.3 Å². The molecule has 1 N–H and O–H groups in total. The smallest absolute Gasteiger partial charge is 0.433 e. The zero-order chi connectivity index (χ0) is 30.9. The van der Waals surface area contributed by atoms with Crippen LogP contribution in [0.1, 0.15) is 39.0 Å². The second kappa shape index (κ2) is 10.7. The Labute approximate surface area is 244 Å². The Morgan fingerprint density at radius 1 is 0.884 bits per heavy atom. The number of ether oxygens (including phenoxy) is 6. The van der Waals surface area contributed by atoms with Gasteiger partial charge in [-0.3, -0.25) is 0 Å². The normalized spacial score (nSPS) is 31.0. The molecule has 4 aliphatic rings. The van der Waals surface area contributed by atoms with Gasteiger partial charge < -0.3 is 33.7 Å². The van der Waals surface area contributed by atoms with Crippen molar-refractivity contribution >= 4 is 10.9 Å². The summed E-state index contributed by atoms with van der Waals surface area (Å²) < 4.78 is 118. The molecule has 43 heavy (non-hydrogen) atoms. The third-order valence-electron chi connectivity index (χ3n) is 7.39. The van der Waals surface area contributed by atoms with Gasteiger partial charge in [0.05, 0.1) is 11.1 Å². The molecule has 1 aromatic heterocycles. The first-order valence-electron chi connectivity index (χ1n) is 13.6. The van der Waals surface area contributed by atoms with Gasteiger partial charge in [-0.2, -0.15) is 26.3 Å². The fraction of sp³-hybridized carbons (Fsp3) is 0.517. The van der Waals surface area contributed by atoms with Crippen molar-refractivity contribution in [2.75, 3.05) is 13.1 Å². The van der Waals surface area contributed by atoms with Crippen molar-refractivity contribution in [1.29, 1.82) is 0 Å². The van der Waals surface area contributed by atoms with E-state index in [4.69, 9.17) is 28.4 Å². The van der Waals surface area contributed by atoms with Crippen LogP contribution in [0.2, 0.25) is 0 Å². The van der Waals surface area contributed by atoms with Gasteiger partial charge in [0, 0.05) is 36.9 Å². The lowest BCUT2D eigenvalue weighted by molar-refractivity contribution is -0.232. The highest BCUT2D eigenvalue weighted by molar-refractivity contribution is 5.88. The summed E-state index contributed by atoms with van der Waals surface area (Å²) in [6.45, 7) is 7.63. The SMILES string of the molecule is CC1(C)O[C@H]2[C@@H](O1)[C@@H](CNC[C]1[CH][CH][CH][C]1Oc1cc(C(F)(F)F)nc3c(C(F)(F)F)cccc13)O[C@@H]1OC(C)(C)O[C@@H]12. The summed E-state index contributed by atoms with van der Waals surface area (Å²) in [5.41, 5.74) is -3.64. The lowest BCUT2D eigenvalue weighted by Gasteiger charge is -2.37. The van der Waals surface area contributed by atoms with E-state index in [0.29, 0.717) is 18.1 Å². The molecule has 8 nitrogen and oxygen atoms in total. The largest absolute Gasteiger partial charge is 0.481 e. The lowest BCUT2D eigenvalue weighted by atomic mass is 9.98. The van der Waals surface area contributed by atoms with Crippen LogP contribution in [0.3, 0.4) is 0 Å². The highest BCUT2D eigenvalue weighted by atomic mass is 19.4. The fourth-order valence-corrected chi connectivity index (χ4v) is 5.69. The van der Waals surface area contributed by atoms with Gasteiger partial charge in [-0.1, -0.05) is 6.07 Å². The first-order valence-corrected chi connectivity index (χ1v) is 13.6. The maximum absolute atomic E-state index is 13.6. The van der Waals surface area contributed by atoms with Gasteiger partial charge in [0.1, 0.15) is 35.9 Å². The highest BCUT2D eigenvalue weighted by Crippen LogP contribution is 2.45. The van der Waals surface area contributed by atoms with Crippen molar-refractivity contribution in [2.24, 2.45) is 0 Å². The molecule has 3 aliphatic heterocycles. The van der Waals surface area contributed by atoms with Crippen molar-refractivity contribution in [2.45, 2.75) is 82.3 Å². The van der Waals surface area contributed by atoms with E-state index in [9.17, 15) is 26.3 Å². The Morgan fingerprint density at radius 2 is 1.58 bits per heavy atom. The predicted octanol–water partition coefficient (Wildman–Crippen LogP) is 5.37. The maximum atomic E-state index is 13.6. The summed E-state index contributed by atoms with van der Waals surface area (Å²) in [5, 5.41) is 3.04. The minimum Gasteiger partial charge on any atom is -0.481 e. The van der Waals surface area contributed by atoms with Crippen molar-refractivity contribution < 1.29 is 54.8 Å². The van der Waals surface area contributed by atoms with Crippen LogP contribution < -0.4 is 10.1 Å². The van der Waals surface area contributed by atoms with E-state index in [1.807, 2.05) is 0 Å².